The first-order chi connectivity index (χ1) is 13.9. The molecule has 0 aliphatic heterocycles. The van der Waals surface area contributed by atoms with Crippen molar-refractivity contribution in [2.45, 2.75) is 66.2 Å². The van der Waals surface area contributed by atoms with Crippen molar-refractivity contribution in [2.24, 2.45) is 0 Å². The van der Waals surface area contributed by atoms with Gasteiger partial charge in [-0.05, 0) is 10.8 Å². The quantitative estimate of drug-likeness (QED) is 0.298. The van der Waals surface area contributed by atoms with Crippen LogP contribution in [0, 0.1) is 0 Å². The van der Waals surface area contributed by atoms with Gasteiger partial charge in [0.15, 0.2) is 0 Å². The van der Waals surface area contributed by atoms with E-state index in [0.717, 1.165) is 0 Å². The molecule has 0 aromatic heterocycles. The van der Waals surface area contributed by atoms with E-state index in [1.807, 2.05) is 30.3 Å². The van der Waals surface area contributed by atoms with Crippen molar-refractivity contribution < 1.29 is 49.0 Å². The minimum atomic E-state index is 0. The van der Waals surface area contributed by atoms with Crippen molar-refractivity contribution in [3.05, 3.63) is 83.9 Å². The Hall–Kier alpha value is -1.01. The van der Waals surface area contributed by atoms with Gasteiger partial charge in [-0.25, -0.2) is 12.1 Å². The maximum absolute atomic E-state index is 2.35. The summed E-state index contributed by atoms with van der Waals surface area (Å²) in [6, 6.07) is 26.2. The van der Waals surface area contributed by atoms with E-state index >= 15 is 0 Å². The van der Waals surface area contributed by atoms with Crippen molar-refractivity contribution in [3.8, 4) is 0 Å². The summed E-state index contributed by atoms with van der Waals surface area (Å²) in [6.45, 7) is 17.9. The molecule has 32 heavy (non-hydrogen) atoms. The van der Waals surface area contributed by atoms with Gasteiger partial charge in [0.05, 0.1) is 0 Å². The van der Waals surface area contributed by atoms with E-state index in [1.165, 1.54) is 35.9 Å². The van der Waals surface area contributed by atoms with E-state index < -0.39 is 0 Å². The molecule has 0 fully saturated rings. The van der Waals surface area contributed by atoms with Crippen molar-refractivity contribution in [1.29, 1.82) is 0 Å². The number of hydrogen-bond donors (Lipinski definition) is 0. The molecule has 0 saturated heterocycles. The average molecular weight is 547 g/mol. The van der Waals surface area contributed by atoms with Gasteiger partial charge in [0.25, 0.3) is 0 Å². The van der Waals surface area contributed by atoms with E-state index in [2.05, 4.69) is 97.9 Å². The van der Waals surface area contributed by atoms with Crippen LogP contribution in [0.4, 0.5) is 0 Å². The summed E-state index contributed by atoms with van der Waals surface area (Å²) in [5, 5.41) is 5.48. The predicted octanol–water partition coefficient (Wildman–Crippen LogP) is 2.47. The normalized spacial score (nSPS) is 10.8. The minimum absolute atomic E-state index is 0. The van der Waals surface area contributed by atoms with Gasteiger partial charge in [-0.1, -0.05) is 76.9 Å². The second-order valence-electron chi connectivity index (χ2n) is 10.2. The largest absolute Gasteiger partial charge is 1.00 e. The van der Waals surface area contributed by atoms with Crippen LogP contribution in [0.5, 0.6) is 0 Å². The van der Waals surface area contributed by atoms with Gasteiger partial charge in [0.1, 0.15) is 0 Å². The van der Waals surface area contributed by atoms with Gasteiger partial charge in [0.2, 0.25) is 0 Å². The Labute approximate surface area is 222 Å². The molecule has 4 rings (SSSR count). The molecule has 0 spiro atoms. The molecule has 0 bridgehead atoms. The molecular formula is C29H36Cl2Zr-2. The summed E-state index contributed by atoms with van der Waals surface area (Å²) >= 11 is 1.55. The first-order valence-electron chi connectivity index (χ1n) is 10.7. The number of fused-ring (bicyclic) bond motifs is 3. The van der Waals surface area contributed by atoms with Crippen molar-refractivity contribution >= 4 is 24.8 Å². The van der Waals surface area contributed by atoms with Crippen LogP contribution < -0.4 is 24.8 Å². The first kappa shape index (κ1) is 31.0. The van der Waals surface area contributed by atoms with Crippen molar-refractivity contribution in [1.82, 2.24) is 0 Å². The summed E-state index contributed by atoms with van der Waals surface area (Å²) in [7, 11) is 0. The van der Waals surface area contributed by atoms with E-state index in [4.69, 9.17) is 0 Å². The Balaban J connectivity index is 0.000000739. The van der Waals surface area contributed by atoms with Gasteiger partial charge < -0.3 is 24.8 Å². The predicted molar refractivity (Wildman–Crippen MR) is 133 cm³/mol. The molecule has 3 heteroatoms. The van der Waals surface area contributed by atoms with E-state index in [0.29, 0.717) is 0 Å². The SMILES string of the molecule is CC(C)(C)c1ccc2c(c1)[cH-]c1cc(C(C)(C)C)ccc12.C[C](C)=[Zr+2].[Cl-].[Cl-].c1cc[cH-]c1. The van der Waals surface area contributed by atoms with Crippen molar-refractivity contribution in [3.63, 3.8) is 0 Å². The van der Waals surface area contributed by atoms with Crippen LogP contribution in [0.2, 0.25) is 0 Å². The van der Waals surface area contributed by atoms with Gasteiger partial charge in [-0.15, -0.1) is 39.7 Å². The molecule has 0 saturated carbocycles. The first-order valence-corrected chi connectivity index (χ1v) is 11.9. The molecule has 0 N–H and O–H groups in total. The number of benzene rings is 2. The third kappa shape index (κ3) is 9.09. The second-order valence-corrected chi connectivity index (χ2v) is 12.7. The smallest absolute Gasteiger partial charge is 0.172 e. The third-order valence-corrected chi connectivity index (χ3v) is 4.99. The zero-order chi connectivity index (χ0) is 22.5. The summed E-state index contributed by atoms with van der Waals surface area (Å²) in [4.78, 5) is 0. The zero-order valence-corrected chi connectivity index (χ0v) is 24.7. The Morgan fingerprint density at radius 3 is 1.28 bits per heavy atom. The fourth-order valence-electron chi connectivity index (χ4n) is 3.28. The number of rotatable bonds is 0. The maximum atomic E-state index is 2.35. The molecule has 0 amide bonds. The number of halogens is 2. The molecule has 0 heterocycles. The standard InChI is InChI=1S/C21H25.C5H5.C3H6.2ClH.Zr/c1-20(2,3)16-7-9-18-14(12-16)11-15-13-17(21(4,5)6)8-10-19(15)18;1-2-4-5-3-1;1-3-2;;;/h7-13H,1-6H3;1-5H;1-2H3;2*1H;/q2*-1;;;;+2/p-2. The molecule has 0 aliphatic rings. The van der Waals surface area contributed by atoms with E-state index in [1.54, 1.807) is 24.2 Å². The Morgan fingerprint density at radius 2 is 1.03 bits per heavy atom. The van der Waals surface area contributed by atoms with Gasteiger partial charge in [0, 0.05) is 0 Å². The summed E-state index contributed by atoms with van der Waals surface area (Å²) < 4.78 is 1.51. The van der Waals surface area contributed by atoms with Crippen molar-refractivity contribution in [2.75, 3.05) is 0 Å². The van der Waals surface area contributed by atoms with Gasteiger partial charge >= 0.3 is 41.3 Å². The molecule has 4 aromatic carbocycles. The Kier molecular flexibility index (Phi) is 12.6. The van der Waals surface area contributed by atoms with E-state index in [-0.39, 0.29) is 35.6 Å². The Bertz CT molecular complexity index is 999. The average Bonchev–Trinajstić information content (AvgIpc) is 3.30. The maximum Gasteiger partial charge on any atom is -0.172 e. The molecule has 0 atom stereocenters. The monoisotopic (exact) mass is 544 g/mol. The molecule has 0 radical (unpaired) electrons. The van der Waals surface area contributed by atoms with Gasteiger partial charge in [-0.2, -0.15) is 18.2 Å². The molecule has 0 nitrogen and oxygen atoms in total. The minimum Gasteiger partial charge on any atom is -1.00 e. The fourth-order valence-corrected chi connectivity index (χ4v) is 3.28. The zero-order valence-electron chi connectivity index (χ0n) is 20.7. The van der Waals surface area contributed by atoms with Gasteiger partial charge in [-0.3, -0.25) is 0 Å². The Morgan fingerprint density at radius 1 is 0.688 bits per heavy atom. The molecule has 0 aliphatic carbocycles. The van der Waals surface area contributed by atoms with Crippen LogP contribution in [-0.4, -0.2) is 3.21 Å². The summed E-state index contributed by atoms with van der Waals surface area (Å²) in [5.41, 5.74) is 3.21. The van der Waals surface area contributed by atoms with Crippen LogP contribution in [0.15, 0.2) is 72.8 Å². The number of hydrogen-bond acceptors (Lipinski definition) is 0. The fraction of sp³-hybridized carbons (Fsp3) is 0.345. The topological polar surface area (TPSA) is 0 Å². The third-order valence-electron chi connectivity index (χ3n) is 4.99. The van der Waals surface area contributed by atoms with Crippen LogP contribution in [0.25, 0.3) is 21.5 Å². The molecule has 172 valence electrons. The van der Waals surface area contributed by atoms with Crippen LogP contribution in [-0.2, 0) is 35.1 Å². The summed E-state index contributed by atoms with van der Waals surface area (Å²) in [5.74, 6) is 0. The van der Waals surface area contributed by atoms with E-state index in [9.17, 15) is 0 Å². The molecule has 0 unspecified atom stereocenters. The van der Waals surface area contributed by atoms with Crippen LogP contribution in [0.1, 0.15) is 66.5 Å². The second kappa shape index (κ2) is 13.0. The molecule has 4 aromatic rings. The van der Waals surface area contributed by atoms with Crippen LogP contribution in [0.3, 0.4) is 0 Å². The summed E-state index contributed by atoms with van der Waals surface area (Å²) in [6.07, 6.45) is 0. The van der Waals surface area contributed by atoms with Crippen LogP contribution >= 0.6 is 0 Å². The molecular weight excluding hydrogens is 510 g/mol.